The maximum Gasteiger partial charge on any atom is 0.328 e. The first-order valence-corrected chi connectivity index (χ1v) is 17.1. The number of aliphatic carboxylic acids is 4. The van der Waals surface area contributed by atoms with Gasteiger partial charge in [-0.1, -0.05) is 5.16 Å². The molecule has 280 valence electrons. The standard InChI is InChI=1S/C29H39N5O2.2C4H4O4/c1-4-34-23(17-30)8-9-24(34)18-33-15-13-21(14-16-33)7-11-27-25-10-12-28(35-20-22-5-6-22)26(19-32(2)3)29(25)36-31-27;2*5-3(6)1-2-4(7)8/h8-10,12,21-22H,4-7,11,13-16,18-20H2,1-3H3;2*1-2H,(H,5,6)(H,7,8). The largest absolute Gasteiger partial charge is 0.493 e. The molecule has 0 spiro atoms. The van der Waals surface area contributed by atoms with E-state index in [1.165, 1.54) is 31.4 Å². The highest BCUT2D eigenvalue weighted by molar-refractivity contribution is 5.90. The Kier molecular flexibility index (Phi) is 16.1. The van der Waals surface area contributed by atoms with Crippen LogP contribution in [0.4, 0.5) is 0 Å². The molecule has 15 heteroatoms. The number of piperidine rings is 1. The maximum absolute atomic E-state index is 9.55. The molecule has 1 saturated heterocycles. The Morgan fingerprint density at radius 2 is 1.52 bits per heavy atom. The number of hydrogen-bond donors (Lipinski definition) is 4. The highest BCUT2D eigenvalue weighted by atomic mass is 16.5. The van der Waals surface area contributed by atoms with E-state index < -0.39 is 23.9 Å². The number of likely N-dealkylation sites (tertiary alicyclic amines) is 1. The van der Waals surface area contributed by atoms with E-state index in [9.17, 15) is 24.4 Å². The Labute approximate surface area is 302 Å². The average Bonchev–Trinajstić information content (AvgIpc) is 3.71. The number of carbonyl (C=O) groups is 4. The highest BCUT2D eigenvalue weighted by Crippen LogP contribution is 2.35. The number of carboxylic acid groups (broad SMARTS) is 4. The third kappa shape index (κ3) is 13.7. The first kappa shape index (κ1) is 41.0. The Balaban J connectivity index is 0.000000380. The second-order valence-electron chi connectivity index (χ2n) is 12.9. The molecule has 0 radical (unpaired) electrons. The van der Waals surface area contributed by atoms with Crippen molar-refractivity contribution < 1.29 is 48.9 Å². The van der Waals surface area contributed by atoms with E-state index in [0.29, 0.717) is 30.2 Å². The molecule has 1 aliphatic heterocycles. The van der Waals surface area contributed by atoms with E-state index in [0.717, 1.165) is 91.8 Å². The number of hydrogen-bond acceptors (Lipinski definition) is 10. The van der Waals surface area contributed by atoms with Crippen LogP contribution in [0, 0.1) is 23.2 Å². The van der Waals surface area contributed by atoms with Crippen LogP contribution in [0.3, 0.4) is 0 Å². The second kappa shape index (κ2) is 20.4. The summed E-state index contributed by atoms with van der Waals surface area (Å²) in [6, 6.07) is 10.6. The third-order valence-electron chi connectivity index (χ3n) is 8.54. The molecule has 52 heavy (non-hydrogen) atoms. The fourth-order valence-corrected chi connectivity index (χ4v) is 5.77. The van der Waals surface area contributed by atoms with E-state index in [1.807, 2.05) is 6.07 Å². The highest BCUT2D eigenvalue weighted by Gasteiger charge is 2.25. The number of nitrogens with zero attached hydrogens (tertiary/aromatic N) is 5. The van der Waals surface area contributed by atoms with Gasteiger partial charge in [0.25, 0.3) is 0 Å². The monoisotopic (exact) mass is 721 g/mol. The molecule has 0 amide bonds. The van der Waals surface area contributed by atoms with Gasteiger partial charge < -0.3 is 39.2 Å². The van der Waals surface area contributed by atoms with Crippen molar-refractivity contribution in [3.8, 4) is 11.8 Å². The summed E-state index contributed by atoms with van der Waals surface area (Å²) in [6.45, 7) is 7.67. The molecule has 2 aromatic heterocycles. The van der Waals surface area contributed by atoms with Gasteiger partial charge in [0.05, 0.1) is 17.9 Å². The minimum atomic E-state index is -1.26. The molecule has 3 heterocycles. The van der Waals surface area contributed by atoms with Gasteiger partial charge >= 0.3 is 23.9 Å². The Morgan fingerprint density at radius 1 is 0.923 bits per heavy atom. The lowest BCUT2D eigenvalue weighted by Gasteiger charge is -2.32. The number of aryl methyl sites for hydroxylation is 1. The summed E-state index contributed by atoms with van der Waals surface area (Å²) in [7, 11) is 4.16. The summed E-state index contributed by atoms with van der Waals surface area (Å²) in [4.78, 5) is 42.9. The predicted octanol–water partition coefficient (Wildman–Crippen LogP) is 4.64. The van der Waals surface area contributed by atoms with Crippen LogP contribution < -0.4 is 4.74 Å². The zero-order valence-electron chi connectivity index (χ0n) is 29.7. The smallest absolute Gasteiger partial charge is 0.328 e. The minimum absolute atomic E-state index is 0.558. The van der Waals surface area contributed by atoms with Crippen LogP contribution >= 0.6 is 0 Å². The molecule has 1 aromatic carbocycles. The van der Waals surface area contributed by atoms with E-state index >= 15 is 0 Å². The zero-order valence-corrected chi connectivity index (χ0v) is 29.7. The molecule has 3 aromatic rings. The molecular weight excluding hydrogens is 674 g/mol. The minimum Gasteiger partial charge on any atom is -0.493 e. The summed E-state index contributed by atoms with van der Waals surface area (Å²) >= 11 is 0. The quantitative estimate of drug-likeness (QED) is 0.157. The van der Waals surface area contributed by atoms with Crippen LogP contribution in [-0.4, -0.2) is 97.6 Å². The Hall–Kier alpha value is -5.46. The van der Waals surface area contributed by atoms with E-state index in [2.05, 4.69) is 64.8 Å². The van der Waals surface area contributed by atoms with Crippen molar-refractivity contribution in [2.24, 2.45) is 11.8 Å². The lowest BCUT2D eigenvalue weighted by Crippen LogP contribution is -2.34. The van der Waals surface area contributed by atoms with E-state index in [4.69, 9.17) is 29.7 Å². The number of benzene rings is 1. The van der Waals surface area contributed by atoms with Gasteiger partial charge in [0.15, 0.2) is 5.58 Å². The summed E-state index contributed by atoms with van der Waals surface area (Å²) in [6.07, 6.45) is 9.30. The van der Waals surface area contributed by atoms with Gasteiger partial charge in [-0.15, -0.1) is 0 Å². The van der Waals surface area contributed by atoms with Crippen molar-refractivity contribution in [3.05, 3.63) is 71.2 Å². The molecule has 15 nitrogen and oxygen atoms in total. The molecule has 0 unspecified atom stereocenters. The van der Waals surface area contributed by atoms with Crippen LogP contribution in [0.2, 0.25) is 0 Å². The van der Waals surface area contributed by atoms with Gasteiger partial charge in [-0.05, 0) is 109 Å². The lowest BCUT2D eigenvalue weighted by molar-refractivity contribution is -0.134. The molecule has 2 fully saturated rings. The van der Waals surface area contributed by atoms with Crippen molar-refractivity contribution >= 4 is 34.8 Å². The molecule has 1 aliphatic carbocycles. The summed E-state index contributed by atoms with van der Waals surface area (Å²) in [5, 5.41) is 46.2. The van der Waals surface area contributed by atoms with Gasteiger partial charge in [0, 0.05) is 55.0 Å². The molecule has 0 bridgehead atoms. The van der Waals surface area contributed by atoms with E-state index in [1.54, 1.807) is 0 Å². The molecule has 2 aliphatic rings. The number of fused-ring (bicyclic) bond motifs is 1. The summed E-state index contributed by atoms with van der Waals surface area (Å²) < 4.78 is 14.2. The number of rotatable bonds is 15. The fourth-order valence-electron chi connectivity index (χ4n) is 5.77. The predicted molar refractivity (Wildman–Crippen MR) is 190 cm³/mol. The van der Waals surface area contributed by atoms with Crippen LogP contribution in [0.1, 0.15) is 61.7 Å². The van der Waals surface area contributed by atoms with Gasteiger partial charge in [0.1, 0.15) is 17.5 Å². The van der Waals surface area contributed by atoms with Crippen molar-refractivity contribution in [3.63, 3.8) is 0 Å². The normalized spacial score (nSPS) is 14.8. The average molecular weight is 722 g/mol. The van der Waals surface area contributed by atoms with Gasteiger partial charge in [-0.3, -0.25) is 4.90 Å². The van der Waals surface area contributed by atoms with Gasteiger partial charge in [-0.2, -0.15) is 5.26 Å². The third-order valence-corrected chi connectivity index (χ3v) is 8.54. The first-order chi connectivity index (χ1) is 24.8. The number of nitriles is 1. The van der Waals surface area contributed by atoms with E-state index in [-0.39, 0.29) is 0 Å². The SMILES string of the molecule is CCn1c(C#N)ccc1CN1CCC(CCc2noc3c(CN(C)C)c(OCC4CC4)ccc23)CC1.O=C(O)C=CC(=O)O.O=C(O)C=CC(=O)O. The van der Waals surface area contributed by atoms with Crippen LogP contribution in [0.5, 0.6) is 5.75 Å². The van der Waals surface area contributed by atoms with Crippen molar-refractivity contribution in [2.75, 3.05) is 33.8 Å². The zero-order chi connectivity index (χ0) is 38.2. The van der Waals surface area contributed by atoms with Crippen molar-refractivity contribution in [1.82, 2.24) is 19.5 Å². The Morgan fingerprint density at radius 3 is 2.02 bits per heavy atom. The van der Waals surface area contributed by atoms with Gasteiger partial charge in [0.2, 0.25) is 0 Å². The molecule has 5 rings (SSSR count). The van der Waals surface area contributed by atoms with Crippen LogP contribution in [-0.2, 0) is 45.2 Å². The molecule has 4 N–H and O–H groups in total. The van der Waals surface area contributed by atoms with Gasteiger partial charge in [-0.25, -0.2) is 19.2 Å². The van der Waals surface area contributed by atoms with Crippen LogP contribution in [0.25, 0.3) is 11.0 Å². The maximum atomic E-state index is 9.55. The lowest BCUT2D eigenvalue weighted by atomic mass is 9.91. The van der Waals surface area contributed by atoms with Crippen molar-refractivity contribution in [2.45, 2.75) is 65.1 Å². The summed E-state index contributed by atoms with van der Waals surface area (Å²) in [5.41, 5.74) is 5.08. The second-order valence-corrected chi connectivity index (χ2v) is 12.9. The fraction of sp³-hybridized carbons (Fsp3) is 0.459. The summed E-state index contributed by atoms with van der Waals surface area (Å²) in [5.74, 6) is -2.66. The molecular formula is C37H47N5O10. The number of ether oxygens (including phenoxy) is 1. The van der Waals surface area contributed by atoms with Crippen molar-refractivity contribution in [1.29, 1.82) is 5.26 Å². The van der Waals surface area contributed by atoms with Crippen LogP contribution in [0.15, 0.2) is 53.1 Å². The topological polar surface area (TPSA) is 220 Å². The molecule has 0 atom stereocenters. The first-order valence-electron chi connectivity index (χ1n) is 17.1. The molecule has 1 saturated carbocycles. The number of carboxylic acids is 4. The Bertz CT molecular complexity index is 1710. The number of aromatic nitrogens is 2.